The lowest BCUT2D eigenvalue weighted by atomic mass is 9.95. The number of hydroxylamine groups is 2. The zero-order chi connectivity index (χ0) is 10.3. The molecule has 2 aliphatic heterocycles. The molecule has 76 valence electrons. The Morgan fingerprint density at radius 1 is 1.64 bits per heavy atom. The predicted octanol–water partition coefficient (Wildman–Crippen LogP) is -1.78. The molecule has 0 aromatic heterocycles. The van der Waals surface area contributed by atoms with Crippen molar-refractivity contribution in [1.82, 2.24) is 10.4 Å². The predicted molar refractivity (Wildman–Crippen MR) is 46.1 cm³/mol. The number of hydrogen-bond acceptors (Lipinski definition) is 4. The van der Waals surface area contributed by atoms with Gasteiger partial charge in [0.1, 0.15) is 5.57 Å². The molecule has 14 heavy (non-hydrogen) atoms. The average Bonchev–Trinajstić information content (AvgIpc) is 2.58. The molecule has 6 heteroatoms. The summed E-state index contributed by atoms with van der Waals surface area (Å²) in [7, 11) is 0. The Morgan fingerprint density at radius 3 is 3.00 bits per heavy atom. The van der Waals surface area contributed by atoms with Crippen molar-refractivity contribution in [3.63, 3.8) is 0 Å². The van der Waals surface area contributed by atoms with Crippen molar-refractivity contribution >= 4 is 11.8 Å². The SMILES string of the molecule is NC(=O)C1=CC2CNCC2N(O)C1=O. The maximum Gasteiger partial charge on any atom is 0.282 e. The van der Waals surface area contributed by atoms with Crippen molar-refractivity contribution < 1.29 is 14.8 Å². The highest BCUT2D eigenvalue weighted by atomic mass is 16.5. The minimum absolute atomic E-state index is 0.0276. The summed E-state index contributed by atoms with van der Waals surface area (Å²) in [6.45, 7) is 1.18. The number of rotatable bonds is 1. The quantitative estimate of drug-likeness (QED) is 0.342. The van der Waals surface area contributed by atoms with Crippen LogP contribution in [0.15, 0.2) is 11.6 Å². The van der Waals surface area contributed by atoms with Crippen molar-refractivity contribution in [2.45, 2.75) is 6.04 Å². The number of nitrogens with two attached hydrogens (primary N) is 1. The fourth-order valence-corrected chi connectivity index (χ4v) is 1.87. The van der Waals surface area contributed by atoms with Crippen LogP contribution >= 0.6 is 0 Å². The third-order valence-electron chi connectivity index (χ3n) is 2.63. The summed E-state index contributed by atoms with van der Waals surface area (Å²) < 4.78 is 0. The van der Waals surface area contributed by atoms with Gasteiger partial charge in [-0.2, -0.15) is 0 Å². The number of nitrogens with zero attached hydrogens (tertiary/aromatic N) is 1. The van der Waals surface area contributed by atoms with Crippen LogP contribution in [0.3, 0.4) is 0 Å². The zero-order valence-electron chi connectivity index (χ0n) is 7.43. The van der Waals surface area contributed by atoms with Crippen LogP contribution in [-0.4, -0.2) is 41.2 Å². The van der Waals surface area contributed by atoms with E-state index in [1.165, 1.54) is 0 Å². The van der Waals surface area contributed by atoms with Crippen LogP contribution in [0, 0.1) is 5.92 Å². The number of nitrogens with one attached hydrogen (secondary N) is 1. The van der Waals surface area contributed by atoms with Gasteiger partial charge in [-0.1, -0.05) is 6.08 Å². The molecule has 0 bridgehead atoms. The lowest BCUT2D eigenvalue weighted by Gasteiger charge is -2.29. The van der Waals surface area contributed by atoms with Crippen LogP contribution in [0.4, 0.5) is 0 Å². The number of carbonyl (C=O) groups is 2. The highest BCUT2D eigenvalue weighted by Crippen LogP contribution is 2.24. The summed E-state index contributed by atoms with van der Waals surface area (Å²) in [5, 5.41) is 13.1. The van der Waals surface area contributed by atoms with Gasteiger partial charge in [-0.25, -0.2) is 5.06 Å². The van der Waals surface area contributed by atoms with E-state index in [0.717, 1.165) is 0 Å². The summed E-state index contributed by atoms with van der Waals surface area (Å²) >= 11 is 0. The van der Waals surface area contributed by atoms with Gasteiger partial charge in [0, 0.05) is 19.0 Å². The molecule has 0 aliphatic carbocycles. The second-order valence-corrected chi connectivity index (χ2v) is 3.48. The molecule has 0 aromatic rings. The lowest BCUT2D eigenvalue weighted by Crippen LogP contribution is -2.48. The van der Waals surface area contributed by atoms with Gasteiger partial charge in [-0.05, 0) is 0 Å². The first-order valence-corrected chi connectivity index (χ1v) is 4.36. The normalized spacial score (nSPS) is 31.4. The molecule has 0 spiro atoms. The molecule has 0 radical (unpaired) electrons. The van der Waals surface area contributed by atoms with Crippen LogP contribution in [-0.2, 0) is 9.59 Å². The van der Waals surface area contributed by atoms with Crippen molar-refractivity contribution in [3.8, 4) is 0 Å². The van der Waals surface area contributed by atoms with E-state index in [2.05, 4.69) is 5.32 Å². The Morgan fingerprint density at radius 2 is 2.36 bits per heavy atom. The van der Waals surface area contributed by atoms with Crippen LogP contribution in [0.5, 0.6) is 0 Å². The number of amides is 2. The topological polar surface area (TPSA) is 95.7 Å². The van der Waals surface area contributed by atoms with Gasteiger partial charge in [0.25, 0.3) is 11.8 Å². The van der Waals surface area contributed by atoms with Gasteiger partial charge >= 0.3 is 0 Å². The molecule has 2 amide bonds. The van der Waals surface area contributed by atoms with Gasteiger partial charge in [0.2, 0.25) is 0 Å². The van der Waals surface area contributed by atoms with E-state index in [9.17, 15) is 14.8 Å². The molecule has 2 heterocycles. The summed E-state index contributed by atoms with van der Waals surface area (Å²) in [5.41, 5.74) is 4.89. The molecule has 2 atom stereocenters. The molecule has 0 saturated carbocycles. The minimum atomic E-state index is -0.792. The van der Waals surface area contributed by atoms with E-state index >= 15 is 0 Å². The van der Waals surface area contributed by atoms with E-state index in [1.54, 1.807) is 6.08 Å². The first kappa shape index (κ1) is 9.17. The Kier molecular flexibility index (Phi) is 2.01. The first-order valence-electron chi connectivity index (χ1n) is 4.36. The number of fused-ring (bicyclic) bond motifs is 1. The van der Waals surface area contributed by atoms with Gasteiger partial charge in [0.15, 0.2) is 0 Å². The Balaban J connectivity index is 2.35. The highest BCUT2D eigenvalue weighted by Gasteiger charge is 2.40. The smallest absolute Gasteiger partial charge is 0.282 e. The third-order valence-corrected chi connectivity index (χ3v) is 2.63. The highest BCUT2D eigenvalue weighted by molar-refractivity contribution is 6.18. The monoisotopic (exact) mass is 197 g/mol. The van der Waals surface area contributed by atoms with E-state index in [1.807, 2.05) is 0 Å². The fraction of sp³-hybridized carbons (Fsp3) is 0.500. The lowest BCUT2D eigenvalue weighted by molar-refractivity contribution is -0.174. The molecule has 2 unspecified atom stereocenters. The van der Waals surface area contributed by atoms with E-state index in [4.69, 9.17) is 5.73 Å². The molecule has 6 nitrogen and oxygen atoms in total. The summed E-state index contributed by atoms with van der Waals surface area (Å²) in [6.07, 6.45) is 1.54. The number of carbonyl (C=O) groups excluding carboxylic acids is 2. The molecular formula is C8H11N3O3. The maximum atomic E-state index is 11.4. The van der Waals surface area contributed by atoms with Crippen molar-refractivity contribution in [3.05, 3.63) is 11.6 Å². The molecule has 1 fully saturated rings. The second-order valence-electron chi connectivity index (χ2n) is 3.48. The molecule has 2 rings (SSSR count). The standard InChI is InChI=1S/C8H11N3O3/c9-7(12)5-1-4-2-10-3-6(4)11(14)8(5)13/h1,4,6,10,14H,2-3H2,(H2,9,12). The molecule has 2 aliphatic rings. The Bertz CT molecular complexity index is 326. The Hall–Kier alpha value is -1.40. The van der Waals surface area contributed by atoms with E-state index in [0.29, 0.717) is 18.2 Å². The van der Waals surface area contributed by atoms with Gasteiger partial charge in [-0.3, -0.25) is 14.8 Å². The van der Waals surface area contributed by atoms with E-state index < -0.39 is 11.8 Å². The molecule has 1 saturated heterocycles. The maximum absolute atomic E-state index is 11.4. The van der Waals surface area contributed by atoms with Crippen LogP contribution in [0.1, 0.15) is 0 Å². The fourth-order valence-electron chi connectivity index (χ4n) is 1.87. The van der Waals surface area contributed by atoms with Crippen LogP contribution < -0.4 is 11.1 Å². The molecule has 4 N–H and O–H groups in total. The summed E-state index contributed by atoms with van der Waals surface area (Å²) in [6, 6.07) is -0.273. The van der Waals surface area contributed by atoms with Crippen LogP contribution in [0.2, 0.25) is 0 Å². The third kappa shape index (κ3) is 1.19. The van der Waals surface area contributed by atoms with Crippen LogP contribution in [0.25, 0.3) is 0 Å². The van der Waals surface area contributed by atoms with E-state index in [-0.39, 0.29) is 17.5 Å². The van der Waals surface area contributed by atoms with Crippen molar-refractivity contribution in [2.75, 3.05) is 13.1 Å². The molecular weight excluding hydrogens is 186 g/mol. The zero-order valence-corrected chi connectivity index (χ0v) is 7.43. The van der Waals surface area contributed by atoms with Gasteiger partial charge in [0.05, 0.1) is 6.04 Å². The van der Waals surface area contributed by atoms with Crippen molar-refractivity contribution in [1.29, 1.82) is 0 Å². The number of hydrogen-bond donors (Lipinski definition) is 3. The first-order chi connectivity index (χ1) is 6.61. The van der Waals surface area contributed by atoms with Gasteiger partial charge in [-0.15, -0.1) is 0 Å². The minimum Gasteiger partial charge on any atom is -0.365 e. The molecule has 0 aromatic carbocycles. The summed E-state index contributed by atoms with van der Waals surface area (Å²) in [4.78, 5) is 22.3. The summed E-state index contributed by atoms with van der Waals surface area (Å²) in [5.74, 6) is -1.53. The largest absolute Gasteiger partial charge is 0.365 e. The average molecular weight is 197 g/mol. The number of primary amides is 1. The Labute approximate surface area is 80.3 Å². The second kappa shape index (κ2) is 3.07. The van der Waals surface area contributed by atoms with Gasteiger partial charge < -0.3 is 11.1 Å². The van der Waals surface area contributed by atoms with Crippen molar-refractivity contribution in [2.24, 2.45) is 11.7 Å².